The zero-order valence-corrected chi connectivity index (χ0v) is 12.1. The Morgan fingerprint density at radius 1 is 1.43 bits per heavy atom. The highest BCUT2D eigenvalue weighted by molar-refractivity contribution is 6.33. The number of nitrogens with one attached hydrogen (secondary N) is 2. The number of benzene rings is 1. The summed E-state index contributed by atoms with van der Waals surface area (Å²) in [5.41, 5.74) is 3.25. The summed E-state index contributed by atoms with van der Waals surface area (Å²) in [6.07, 6.45) is 1.39. The van der Waals surface area contributed by atoms with Gasteiger partial charge in [0.25, 0.3) is 5.91 Å². The first kappa shape index (κ1) is 15.1. The lowest BCUT2D eigenvalue weighted by Crippen LogP contribution is -2.15. The van der Waals surface area contributed by atoms with Crippen molar-refractivity contribution in [2.24, 2.45) is 5.84 Å². The molecule has 0 radical (unpaired) electrons. The molecule has 2 aromatic rings. The summed E-state index contributed by atoms with van der Waals surface area (Å²) >= 11 is 5.95. The molecule has 1 amide bonds. The number of carbonyl (C=O) groups is 1. The van der Waals surface area contributed by atoms with E-state index < -0.39 is 0 Å². The van der Waals surface area contributed by atoms with Crippen molar-refractivity contribution in [3.05, 3.63) is 47.1 Å². The molecule has 0 fully saturated rings. The van der Waals surface area contributed by atoms with Gasteiger partial charge in [-0.15, -0.1) is 0 Å². The number of amides is 1. The highest BCUT2D eigenvalue weighted by Gasteiger charge is 2.12. The number of para-hydroxylation sites is 2. The summed E-state index contributed by atoms with van der Waals surface area (Å²) in [6.45, 7) is 2.39. The van der Waals surface area contributed by atoms with Gasteiger partial charge in [0.05, 0.1) is 22.9 Å². The van der Waals surface area contributed by atoms with E-state index in [9.17, 15) is 4.79 Å². The molecule has 0 aliphatic heterocycles. The van der Waals surface area contributed by atoms with Crippen LogP contribution in [0.2, 0.25) is 5.02 Å². The fourth-order valence-corrected chi connectivity index (χ4v) is 1.93. The standard InChI is InChI=1S/C14H15ClN4O2/c1-2-21-12-6-4-3-5-11(12)18-14(20)9-7-10(15)13(19-16)17-8-9/h3-8H,2,16H2,1H3,(H,17,19)(H,18,20). The predicted molar refractivity (Wildman–Crippen MR) is 82.6 cm³/mol. The number of hydrogen-bond acceptors (Lipinski definition) is 5. The number of nitrogens with two attached hydrogens (primary N) is 1. The Morgan fingerprint density at radius 3 is 2.86 bits per heavy atom. The predicted octanol–water partition coefficient (Wildman–Crippen LogP) is 2.67. The highest BCUT2D eigenvalue weighted by Crippen LogP contribution is 2.25. The minimum Gasteiger partial charge on any atom is -0.492 e. The second-order valence-corrected chi connectivity index (χ2v) is 4.49. The molecule has 4 N–H and O–H groups in total. The van der Waals surface area contributed by atoms with E-state index in [0.29, 0.717) is 29.4 Å². The highest BCUT2D eigenvalue weighted by atomic mass is 35.5. The Hall–Kier alpha value is -2.31. The van der Waals surface area contributed by atoms with E-state index in [1.54, 1.807) is 12.1 Å². The van der Waals surface area contributed by atoms with Crippen LogP contribution in [0.3, 0.4) is 0 Å². The molecule has 7 heteroatoms. The Kier molecular flexibility index (Phi) is 4.97. The molecule has 0 aliphatic carbocycles. The number of carbonyl (C=O) groups excluding carboxylic acids is 1. The second-order valence-electron chi connectivity index (χ2n) is 4.08. The quantitative estimate of drug-likeness (QED) is 0.584. The maximum atomic E-state index is 12.2. The molecule has 110 valence electrons. The zero-order chi connectivity index (χ0) is 15.2. The molecule has 0 saturated carbocycles. The number of anilines is 2. The fraction of sp³-hybridized carbons (Fsp3) is 0.143. The minimum absolute atomic E-state index is 0.267. The lowest BCUT2D eigenvalue weighted by Gasteiger charge is -2.11. The van der Waals surface area contributed by atoms with Gasteiger partial charge < -0.3 is 15.5 Å². The number of aromatic nitrogens is 1. The molecule has 0 spiro atoms. The van der Waals surface area contributed by atoms with E-state index in [1.807, 2.05) is 19.1 Å². The largest absolute Gasteiger partial charge is 0.492 e. The molecule has 1 heterocycles. The SMILES string of the molecule is CCOc1ccccc1NC(=O)c1cnc(NN)c(Cl)c1. The maximum Gasteiger partial charge on any atom is 0.257 e. The van der Waals surface area contributed by atoms with Crippen molar-refractivity contribution in [3.8, 4) is 5.75 Å². The van der Waals surface area contributed by atoms with Gasteiger partial charge in [-0.25, -0.2) is 10.8 Å². The Balaban J connectivity index is 2.20. The van der Waals surface area contributed by atoms with Gasteiger partial charge in [-0.2, -0.15) is 0 Å². The number of ether oxygens (including phenoxy) is 1. The summed E-state index contributed by atoms with van der Waals surface area (Å²) in [7, 11) is 0. The summed E-state index contributed by atoms with van der Waals surface area (Å²) in [4.78, 5) is 16.2. The first-order chi connectivity index (χ1) is 10.2. The van der Waals surface area contributed by atoms with Gasteiger partial charge in [0.15, 0.2) is 5.82 Å². The Morgan fingerprint density at radius 2 is 2.19 bits per heavy atom. The van der Waals surface area contributed by atoms with E-state index in [0.717, 1.165) is 0 Å². The Bertz CT molecular complexity index is 649. The summed E-state index contributed by atoms with van der Waals surface area (Å²) in [5.74, 6) is 5.82. The zero-order valence-electron chi connectivity index (χ0n) is 11.4. The first-order valence-electron chi connectivity index (χ1n) is 6.31. The number of hydrogen-bond donors (Lipinski definition) is 3. The molecular weight excluding hydrogens is 292 g/mol. The summed E-state index contributed by atoms with van der Waals surface area (Å²) in [5, 5.41) is 3.03. The van der Waals surface area contributed by atoms with Crippen LogP contribution in [0.25, 0.3) is 0 Å². The number of rotatable bonds is 5. The van der Waals surface area contributed by atoms with Crippen molar-refractivity contribution in [1.82, 2.24) is 4.98 Å². The van der Waals surface area contributed by atoms with E-state index in [1.165, 1.54) is 12.3 Å². The van der Waals surface area contributed by atoms with Crippen LogP contribution in [0.15, 0.2) is 36.5 Å². The smallest absolute Gasteiger partial charge is 0.257 e. The van der Waals surface area contributed by atoms with Crippen LogP contribution in [0.4, 0.5) is 11.5 Å². The second kappa shape index (κ2) is 6.92. The summed E-state index contributed by atoms with van der Waals surface area (Å²) < 4.78 is 5.45. The third-order valence-electron chi connectivity index (χ3n) is 2.68. The summed E-state index contributed by atoms with van der Waals surface area (Å²) in [6, 6.07) is 8.67. The van der Waals surface area contributed by atoms with Crippen LogP contribution in [0.1, 0.15) is 17.3 Å². The van der Waals surface area contributed by atoms with Crippen molar-refractivity contribution in [3.63, 3.8) is 0 Å². The lowest BCUT2D eigenvalue weighted by molar-refractivity contribution is 0.102. The van der Waals surface area contributed by atoms with Crippen LogP contribution < -0.4 is 21.3 Å². The monoisotopic (exact) mass is 306 g/mol. The maximum absolute atomic E-state index is 12.2. The van der Waals surface area contributed by atoms with Gasteiger partial charge in [0.1, 0.15) is 5.75 Å². The topological polar surface area (TPSA) is 89.3 Å². The fourth-order valence-electron chi connectivity index (χ4n) is 1.71. The van der Waals surface area contributed by atoms with Crippen LogP contribution >= 0.6 is 11.6 Å². The number of halogens is 1. The van der Waals surface area contributed by atoms with Gasteiger partial charge in [-0.05, 0) is 25.1 Å². The van der Waals surface area contributed by atoms with Gasteiger partial charge in [0, 0.05) is 6.20 Å². The van der Waals surface area contributed by atoms with Gasteiger partial charge >= 0.3 is 0 Å². The van der Waals surface area contributed by atoms with Crippen LogP contribution in [0.5, 0.6) is 5.75 Å². The molecule has 0 saturated heterocycles. The normalized spacial score (nSPS) is 10.0. The van der Waals surface area contributed by atoms with Crippen molar-refractivity contribution in [2.45, 2.75) is 6.92 Å². The van der Waals surface area contributed by atoms with E-state index in [4.69, 9.17) is 22.2 Å². The van der Waals surface area contributed by atoms with Gasteiger partial charge in [0.2, 0.25) is 0 Å². The third-order valence-corrected chi connectivity index (χ3v) is 2.96. The van der Waals surface area contributed by atoms with Crippen molar-refractivity contribution in [2.75, 3.05) is 17.3 Å². The molecule has 0 atom stereocenters. The molecule has 2 rings (SSSR count). The number of nitrogen functional groups attached to an aromatic ring is 1. The lowest BCUT2D eigenvalue weighted by atomic mass is 10.2. The molecule has 0 unspecified atom stereocenters. The van der Waals surface area contributed by atoms with Crippen molar-refractivity contribution in [1.29, 1.82) is 0 Å². The molecule has 6 nitrogen and oxygen atoms in total. The van der Waals surface area contributed by atoms with Crippen LogP contribution in [0, 0.1) is 0 Å². The average molecular weight is 307 g/mol. The van der Waals surface area contributed by atoms with Crippen LogP contribution in [-0.2, 0) is 0 Å². The first-order valence-corrected chi connectivity index (χ1v) is 6.68. The number of hydrazine groups is 1. The molecule has 1 aromatic heterocycles. The Labute approximate surface area is 127 Å². The van der Waals surface area contributed by atoms with Gasteiger partial charge in [-0.1, -0.05) is 23.7 Å². The minimum atomic E-state index is -0.333. The molecule has 0 bridgehead atoms. The third kappa shape index (κ3) is 3.62. The molecule has 1 aromatic carbocycles. The average Bonchev–Trinajstić information content (AvgIpc) is 2.49. The van der Waals surface area contributed by atoms with Gasteiger partial charge in [-0.3, -0.25) is 4.79 Å². The van der Waals surface area contributed by atoms with E-state index in [-0.39, 0.29) is 10.9 Å². The van der Waals surface area contributed by atoms with Crippen LogP contribution in [-0.4, -0.2) is 17.5 Å². The number of pyridine rings is 1. The van der Waals surface area contributed by atoms with Crippen molar-refractivity contribution >= 4 is 29.0 Å². The van der Waals surface area contributed by atoms with E-state index >= 15 is 0 Å². The molecular formula is C14H15ClN4O2. The van der Waals surface area contributed by atoms with E-state index in [2.05, 4.69) is 15.7 Å². The number of nitrogens with zero attached hydrogens (tertiary/aromatic N) is 1. The molecule has 21 heavy (non-hydrogen) atoms. The van der Waals surface area contributed by atoms with Crippen molar-refractivity contribution < 1.29 is 9.53 Å². The molecule has 0 aliphatic rings.